The third-order valence-corrected chi connectivity index (χ3v) is 6.88. The molecule has 5 rings (SSSR count). The summed E-state index contributed by atoms with van der Waals surface area (Å²) in [5, 5.41) is 5.14. The average Bonchev–Trinajstić information content (AvgIpc) is 3.37. The van der Waals surface area contributed by atoms with Crippen LogP contribution in [0.1, 0.15) is 33.1 Å². The van der Waals surface area contributed by atoms with E-state index in [0.29, 0.717) is 5.92 Å². The highest BCUT2D eigenvalue weighted by atomic mass is 32.1. The third-order valence-electron chi connectivity index (χ3n) is 5.75. The molecular weight excluding hydrogens is 380 g/mol. The predicted molar refractivity (Wildman–Crippen MR) is 117 cm³/mol. The van der Waals surface area contributed by atoms with E-state index in [2.05, 4.69) is 50.5 Å². The maximum Gasteiger partial charge on any atom is 0.261 e. The standard InChI is InChI=1S/C23H22N4OS/c1-24-22(28)21-20(18-6-4-10-26-23(18)29-21)16-9-12-27(14-16)13-15-8-11-25-19-7-3-2-5-17(15)19/h2-8,10-11,16H,9,12-14H2,1H3,(H,24,28). The maximum absolute atomic E-state index is 12.5. The molecule has 0 radical (unpaired) electrons. The van der Waals surface area contributed by atoms with Crippen molar-refractivity contribution in [3.63, 3.8) is 0 Å². The second-order valence-electron chi connectivity index (χ2n) is 7.49. The van der Waals surface area contributed by atoms with Crippen LogP contribution in [0.5, 0.6) is 0 Å². The van der Waals surface area contributed by atoms with Crippen LogP contribution in [0.3, 0.4) is 0 Å². The van der Waals surface area contributed by atoms with Crippen LogP contribution < -0.4 is 5.32 Å². The second-order valence-corrected chi connectivity index (χ2v) is 8.49. The quantitative estimate of drug-likeness (QED) is 0.556. The highest BCUT2D eigenvalue weighted by Crippen LogP contribution is 2.39. The molecule has 4 heterocycles. The van der Waals surface area contributed by atoms with Crippen molar-refractivity contribution >= 4 is 38.4 Å². The Hall–Kier alpha value is -2.83. The van der Waals surface area contributed by atoms with Crippen LogP contribution in [0.15, 0.2) is 54.9 Å². The van der Waals surface area contributed by atoms with Gasteiger partial charge in [-0.1, -0.05) is 24.3 Å². The van der Waals surface area contributed by atoms with Gasteiger partial charge in [-0.15, -0.1) is 11.3 Å². The number of fused-ring (bicyclic) bond motifs is 2. The molecule has 0 saturated carbocycles. The van der Waals surface area contributed by atoms with E-state index in [4.69, 9.17) is 0 Å². The summed E-state index contributed by atoms with van der Waals surface area (Å²) in [6.07, 6.45) is 4.74. The van der Waals surface area contributed by atoms with E-state index in [1.807, 2.05) is 18.3 Å². The van der Waals surface area contributed by atoms with Gasteiger partial charge in [0.15, 0.2) is 0 Å². The minimum Gasteiger partial charge on any atom is -0.354 e. The van der Waals surface area contributed by atoms with Gasteiger partial charge in [0.2, 0.25) is 0 Å². The maximum atomic E-state index is 12.5. The summed E-state index contributed by atoms with van der Waals surface area (Å²) in [5.74, 6) is 0.329. The third kappa shape index (κ3) is 3.28. The number of carbonyl (C=O) groups is 1. The first-order valence-corrected chi connectivity index (χ1v) is 10.7. The van der Waals surface area contributed by atoms with E-state index in [1.54, 1.807) is 13.2 Å². The zero-order valence-electron chi connectivity index (χ0n) is 16.3. The van der Waals surface area contributed by atoms with Crippen molar-refractivity contribution in [2.45, 2.75) is 18.9 Å². The van der Waals surface area contributed by atoms with Gasteiger partial charge in [-0.2, -0.15) is 0 Å². The van der Waals surface area contributed by atoms with Crippen LogP contribution >= 0.6 is 11.3 Å². The van der Waals surface area contributed by atoms with Gasteiger partial charge < -0.3 is 5.32 Å². The lowest BCUT2D eigenvalue weighted by Crippen LogP contribution is -2.21. The smallest absolute Gasteiger partial charge is 0.261 e. The summed E-state index contributed by atoms with van der Waals surface area (Å²) in [7, 11) is 1.69. The number of nitrogens with zero attached hydrogens (tertiary/aromatic N) is 3. The molecule has 1 fully saturated rings. The molecule has 1 atom stereocenters. The molecule has 6 heteroatoms. The van der Waals surface area contributed by atoms with Crippen LogP contribution in [0.2, 0.25) is 0 Å². The summed E-state index contributed by atoms with van der Waals surface area (Å²) < 4.78 is 0. The monoisotopic (exact) mass is 402 g/mol. The fraction of sp³-hybridized carbons (Fsp3) is 0.261. The number of hydrogen-bond donors (Lipinski definition) is 1. The first-order valence-electron chi connectivity index (χ1n) is 9.89. The molecule has 146 valence electrons. The van der Waals surface area contributed by atoms with Gasteiger partial charge >= 0.3 is 0 Å². The van der Waals surface area contributed by atoms with Crippen molar-refractivity contribution in [3.05, 3.63) is 70.9 Å². The molecule has 1 aliphatic rings. The molecule has 5 nitrogen and oxygen atoms in total. The second kappa shape index (κ2) is 7.54. The highest BCUT2D eigenvalue weighted by Gasteiger charge is 2.30. The Balaban J connectivity index is 1.45. The van der Waals surface area contributed by atoms with E-state index >= 15 is 0 Å². The first kappa shape index (κ1) is 18.2. The molecule has 29 heavy (non-hydrogen) atoms. The fourth-order valence-corrected chi connectivity index (χ4v) is 5.56. The lowest BCUT2D eigenvalue weighted by Gasteiger charge is -2.18. The number of aromatic nitrogens is 2. The zero-order chi connectivity index (χ0) is 19.8. The number of pyridine rings is 2. The van der Waals surface area contributed by atoms with Gasteiger partial charge in [0.05, 0.1) is 10.4 Å². The molecule has 0 spiro atoms. The molecule has 1 aliphatic heterocycles. The average molecular weight is 403 g/mol. The van der Waals surface area contributed by atoms with Gasteiger partial charge in [-0.05, 0) is 42.3 Å². The van der Waals surface area contributed by atoms with Gasteiger partial charge in [-0.3, -0.25) is 14.7 Å². The lowest BCUT2D eigenvalue weighted by atomic mass is 9.95. The van der Waals surface area contributed by atoms with Crippen LogP contribution in [0.4, 0.5) is 0 Å². The van der Waals surface area contributed by atoms with Crippen molar-refractivity contribution in [1.29, 1.82) is 0 Å². The van der Waals surface area contributed by atoms with E-state index in [-0.39, 0.29) is 5.91 Å². The molecule has 1 aromatic carbocycles. The van der Waals surface area contributed by atoms with Crippen LogP contribution in [-0.2, 0) is 6.54 Å². The summed E-state index contributed by atoms with van der Waals surface area (Å²) in [6, 6.07) is 14.5. The Morgan fingerprint density at radius 3 is 2.90 bits per heavy atom. The molecule has 1 unspecified atom stereocenters. The van der Waals surface area contributed by atoms with Crippen molar-refractivity contribution in [3.8, 4) is 0 Å². The molecule has 0 aliphatic carbocycles. The Kier molecular flexibility index (Phi) is 4.73. The topological polar surface area (TPSA) is 58.1 Å². The van der Waals surface area contributed by atoms with Crippen molar-refractivity contribution in [2.75, 3.05) is 20.1 Å². The van der Waals surface area contributed by atoms with Gasteiger partial charge in [-0.25, -0.2) is 4.98 Å². The van der Waals surface area contributed by atoms with Crippen molar-refractivity contribution in [2.24, 2.45) is 0 Å². The van der Waals surface area contributed by atoms with Crippen LogP contribution in [-0.4, -0.2) is 40.9 Å². The van der Waals surface area contributed by atoms with Crippen molar-refractivity contribution in [1.82, 2.24) is 20.2 Å². The number of amides is 1. The molecule has 1 N–H and O–H groups in total. The van der Waals surface area contributed by atoms with Gasteiger partial charge in [0.25, 0.3) is 5.91 Å². The Morgan fingerprint density at radius 2 is 2.00 bits per heavy atom. The number of nitrogens with one attached hydrogen (secondary N) is 1. The first-order chi connectivity index (χ1) is 14.2. The largest absolute Gasteiger partial charge is 0.354 e. The number of likely N-dealkylation sites (tertiary alicyclic amines) is 1. The Morgan fingerprint density at radius 1 is 1.14 bits per heavy atom. The van der Waals surface area contributed by atoms with Crippen LogP contribution in [0.25, 0.3) is 21.1 Å². The number of hydrogen-bond acceptors (Lipinski definition) is 5. The normalized spacial score (nSPS) is 17.2. The lowest BCUT2D eigenvalue weighted by molar-refractivity contribution is 0.0966. The SMILES string of the molecule is CNC(=O)c1sc2ncccc2c1C1CCN(Cc2ccnc3ccccc23)C1. The highest BCUT2D eigenvalue weighted by molar-refractivity contribution is 7.20. The van der Waals surface area contributed by atoms with Crippen molar-refractivity contribution < 1.29 is 4.79 Å². The van der Waals surface area contributed by atoms with Gasteiger partial charge in [0, 0.05) is 49.2 Å². The summed E-state index contributed by atoms with van der Waals surface area (Å²) in [5.41, 5.74) is 3.51. The van der Waals surface area contributed by atoms with E-state index in [0.717, 1.165) is 46.7 Å². The minimum atomic E-state index is -0.0124. The Labute approximate surface area is 173 Å². The number of carbonyl (C=O) groups excluding carboxylic acids is 1. The van der Waals surface area contributed by atoms with Crippen LogP contribution in [0, 0.1) is 0 Å². The summed E-state index contributed by atoms with van der Waals surface area (Å²) in [4.78, 5) is 25.7. The molecule has 0 bridgehead atoms. The molecule has 3 aromatic heterocycles. The summed E-state index contributed by atoms with van der Waals surface area (Å²) >= 11 is 1.50. The van der Waals surface area contributed by atoms with E-state index in [1.165, 1.54) is 27.8 Å². The molecular formula is C23H22N4OS. The fourth-order valence-electron chi connectivity index (χ4n) is 4.38. The van der Waals surface area contributed by atoms with E-state index < -0.39 is 0 Å². The summed E-state index contributed by atoms with van der Waals surface area (Å²) in [6.45, 7) is 2.86. The van der Waals surface area contributed by atoms with Gasteiger partial charge in [0.1, 0.15) is 4.83 Å². The predicted octanol–water partition coefficient (Wildman–Crippen LogP) is 4.19. The number of thiophene rings is 1. The number of rotatable bonds is 4. The number of para-hydroxylation sites is 1. The zero-order valence-corrected chi connectivity index (χ0v) is 17.1. The van der Waals surface area contributed by atoms with E-state index in [9.17, 15) is 4.79 Å². The molecule has 1 saturated heterocycles. The Bertz CT molecular complexity index is 1200. The minimum absolute atomic E-state index is 0.0124. The molecule has 1 amide bonds. The molecule has 4 aromatic rings. The number of benzene rings is 1.